The van der Waals surface area contributed by atoms with E-state index in [4.69, 9.17) is 5.11 Å². The predicted molar refractivity (Wildman–Crippen MR) is 71.9 cm³/mol. The van der Waals surface area contributed by atoms with Crippen LogP contribution in [-0.2, 0) is 4.79 Å². The van der Waals surface area contributed by atoms with E-state index < -0.39 is 30.6 Å². The fourth-order valence-corrected chi connectivity index (χ4v) is 1.94. The second-order valence-corrected chi connectivity index (χ2v) is 5.12. The van der Waals surface area contributed by atoms with Gasteiger partial charge in [0.1, 0.15) is 0 Å². The summed E-state index contributed by atoms with van der Waals surface area (Å²) in [5, 5.41) is 13.3. The van der Waals surface area contributed by atoms with Gasteiger partial charge in [-0.3, -0.25) is 4.79 Å². The monoisotopic (exact) mass is 312 g/mol. The first-order chi connectivity index (χ1) is 9.64. The van der Waals surface area contributed by atoms with Gasteiger partial charge in [-0.1, -0.05) is 13.3 Å². The molecule has 2 atom stereocenters. The van der Waals surface area contributed by atoms with E-state index >= 15 is 0 Å². The summed E-state index contributed by atoms with van der Waals surface area (Å²) in [6, 6.07) is -1.63. The fraction of sp³-hybridized carbons (Fsp3) is 0.846. The number of carbonyl (C=O) groups is 2. The molecule has 0 aromatic carbocycles. The number of urea groups is 1. The van der Waals surface area contributed by atoms with Crippen LogP contribution >= 0.6 is 0 Å². The van der Waals surface area contributed by atoms with Crippen molar-refractivity contribution in [3.05, 3.63) is 0 Å². The van der Waals surface area contributed by atoms with E-state index in [1.807, 2.05) is 6.92 Å². The Morgan fingerprint density at radius 3 is 2.33 bits per heavy atom. The number of hydrogen-bond acceptors (Lipinski definition) is 2. The maximum atomic E-state index is 12.1. The molecule has 3 N–H and O–H groups in total. The number of hydrogen-bond donors (Lipinski definition) is 3. The molecule has 0 bridgehead atoms. The number of amides is 2. The van der Waals surface area contributed by atoms with Gasteiger partial charge in [0.15, 0.2) is 0 Å². The Morgan fingerprint density at radius 1 is 1.24 bits per heavy atom. The molecule has 124 valence electrons. The summed E-state index contributed by atoms with van der Waals surface area (Å²) in [6.07, 6.45) is -3.38. The lowest BCUT2D eigenvalue weighted by molar-refractivity contribution is -0.139. The molecule has 2 amide bonds. The molecular formula is C13H23F3N2O3. The van der Waals surface area contributed by atoms with Crippen LogP contribution in [0.3, 0.4) is 0 Å². The van der Waals surface area contributed by atoms with E-state index in [9.17, 15) is 22.8 Å². The molecule has 0 aliphatic carbocycles. The number of carboxylic acid groups (broad SMARTS) is 1. The van der Waals surface area contributed by atoms with Gasteiger partial charge in [-0.05, 0) is 25.7 Å². The number of alkyl halides is 3. The van der Waals surface area contributed by atoms with Gasteiger partial charge >= 0.3 is 18.2 Å². The third-order valence-electron chi connectivity index (χ3n) is 3.10. The quantitative estimate of drug-likeness (QED) is 0.612. The van der Waals surface area contributed by atoms with Crippen molar-refractivity contribution in [2.24, 2.45) is 5.92 Å². The summed E-state index contributed by atoms with van der Waals surface area (Å²) in [5.74, 6) is -0.686. The minimum absolute atomic E-state index is 0.0767. The molecule has 0 aliphatic heterocycles. The van der Waals surface area contributed by atoms with Gasteiger partial charge < -0.3 is 15.7 Å². The Labute approximate surface area is 122 Å². The van der Waals surface area contributed by atoms with E-state index in [1.165, 1.54) is 6.92 Å². The van der Waals surface area contributed by atoms with E-state index in [-0.39, 0.29) is 12.3 Å². The maximum absolute atomic E-state index is 12.1. The van der Waals surface area contributed by atoms with Crippen molar-refractivity contribution in [2.75, 3.05) is 6.54 Å². The van der Waals surface area contributed by atoms with Gasteiger partial charge in [0, 0.05) is 19.0 Å². The van der Waals surface area contributed by atoms with Crippen LogP contribution in [0.4, 0.5) is 18.0 Å². The molecule has 0 aromatic rings. The zero-order valence-corrected chi connectivity index (χ0v) is 12.3. The molecule has 0 rings (SSSR count). The van der Waals surface area contributed by atoms with Crippen molar-refractivity contribution >= 4 is 12.0 Å². The van der Waals surface area contributed by atoms with Gasteiger partial charge in [0.05, 0.1) is 6.42 Å². The van der Waals surface area contributed by atoms with Crippen LogP contribution in [0.2, 0.25) is 0 Å². The highest BCUT2D eigenvalue weighted by Crippen LogP contribution is 2.21. The van der Waals surface area contributed by atoms with Crippen molar-refractivity contribution in [1.29, 1.82) is 0 Å². The summed E-state index contributed by atoms with van der Waals surface area (Å²) < 4.78 is 36.3. The largest absolute Gasteiger partial charge is 0.481 e. The van der Waals surface area contributed by atoms with Gasteiger partial charge in [-0.2, -0.15) is 13.2 Å². The summed E-state index contributed by atoms with van der Waals surface area (Å²) >= 11 is 0. The van der Waals surface area contributed by atoms with Crippen LogP contribution in [0.1, 0.15) is 46.0 Å². The highest BCUT2D eigenvalue weighted by Gasteiger charge is 2.30. The first kappa shape index (κ1) is 19.5. The van der Waals surface area contributed by atoms with Crippen LogP contribution < -0.4 is 10.6 Å². The SMILES string of the molecule is CCC(CCNC(=O)NC(C)CC(F)(F)F)CCC(=O)O. The topological polar surface area (TPSA) is 78.4 Å². The zero-order valence-electron chi connectivity index (χ0n) is 12.3. The molecule has 8 heteroatoms. The Bertz CT molecular complexity index is 335. The Morgan fingerprint density at radius 2 is 1.86 bits per heavy atom. The van der Waals surface area contributed by atoms with Crippen molar-refractivity contribution in [3.63, 3.8) is 0 Å². The van der Waals surface area contributed by atoms with Gasteiger partial charge in [0.2, 0.25) is 0 Å². The fourth-order valence-electron chi connectivity index (χ4n) is 1.94. The van der Waals surface area contributed by atoms with Gasteiger partial charge in [0.25, 0.3) is 0 Å². The molecule has 0 spiro atoms. The van der Waals surface area contributed by atoms with Crippen LogP contribution in [0.5, 0.6) is 0 Å². The molecule has 5 nitrogen and oxygen atoms in total. The number of carboxylic acids is 1. The second-order valence-electron chi connectivity index (χ2n) is 5.12. The molecule has 2 unspecified atom stereocenters. The Hall–Kier alpha value is -1.47. The summed E-state index contributed by atoms with van der Waals surface area (Å²) in [6.45, 7) is 3.52. The first-order valence-electron chi connectivity index (χ1n) is 6.97. The van der Waals surface area contributed by atoms with Gasteiger partial charge in [-0.25, -0.2) is 4.79 Å². The summed E-state index contributed by atoms with van der Waals surface area (Å²) in [5.41, 5.74) is 0. The molecule has 0 aliphatic rings. The molecular weight excluding hydrogens is 289 g/mol. The van der Waals surface area contributed by atoms with Crippen molar-refractivity contribution in [3.8, 4) is 0 Å². The minimum atomic E-state index is -4.31. The summed E-state index contributed by atoms with van der Waals surface area (Å²) in [7, 11) is 0. The van der Waals surface area contributed by atoms with Crippen LogP contribution in [0.25, 0.3) is 0 Å². The highest BCUT2D eigenvalue weighted by molar-refractivity contribution is 5.74. The summed E-state index contributed by atoms with van der Waals surface area (Å²) in [4.78, 5) is 21.9. The van der Waals surface area contributed by atoms with Crippen molar-refractivity contribution in [2.45, 2.75) is 58.2 Å². The normalized spacial score (nSPS) is 14.3. The Balaban J connectivity index is 3.89. The number of halogens is 3. The molecule has 0 saturated carbocycles. The third kappa shape index (κ3) is 12.0. The van der Waals surface area contributed by atoms with E-state index in [1.54, 1.807) is 0 Å². The first-order valence-corrected chi connectivity index (χ1v) is 6.97. The third-order valence-corrected chi connectivity index (χ3v) is 3.10. The lowest BCUT2D eigenvalue weighted by Gasteiger charge is -2.17. The molecule has 0 fully saturated rings. The molecule has 0 aromatic heterocycles. The van der Waals surface area contributed by atoms with E-state index in [0.717, 1.165) is 6.42 Å². The lowest BCUT2D eigenvalue weighted by atomic mass is 9.97. The molecule has 0 radical (unpaired) electrons. The van der Waals surface area contributed by atoms with Crippen LogP contribution in [-0.4, -0.2) is 35.9 Å². The van der Waals surface area contributed by atoms with Crippen LogP contribution in [0, 0.1) is 5.92 Å². The smallest absolute Gasteiger partial charge is 0.391 e. The number of aliphatic carboxylic acids is 1. The second kappa shape index (κ2) is 9.46. The van der Waals surface area contributed by atoms with E-state index in [0.29, 0.717) is 19.4 Å². The standard InChI is InChI=1S/C13H23F3N2O3/c1-3-10(4-5-11(19)20)6-7-17-12(21)18-9(2)8-13(14,15)16/h9-10H,3-8H2,1-2H3,(H,19,20)(H2,17,18,21). The number of carbonyl (C=O) groups excluding carboxylic acids is 1. The van der Waals surface area contributed by atoms with Crippen LogP contribution in [0.15, 0.2) is 0 Å². The van der Waals surface area contributed by atoms with Gasteiger partial charge in [-0.15, -0.1) is 0 Å². The predicted octanol–water partition coefficient (Wildman–Crippen LogP) is 2.91. The number of rotatable bonds is 9. The average Bonchev–Trinajstić information content (AvgIpc) is 2.30. The average molecular weight is 312 g/mol. The highest BCUT2D eigenvalue weighted by atomic mass is 19.4. The Kier molecular flexibility index (Phi) is 8.80. The molecule has 0 saturated heterocycles. The maximum Gasteiger partial charge on any atom is 0.391 e. The lowest BCUT2D eigenvalue weighted by Crippen LogP contribution is -2.43. The number of nitrogens with one attached hydrogen (secondary N) is 2. The molecule has 21 heavy (non-hydrogen) atoms. The molecule has 0 heterocycles. The van der Waals surface area contributed by atoms with Crippen molar-refractivity contribution in [1.82, 2.24) is 10.6 Å². The van der Waals surface area contributed by atoms with E-state index in [2.05, 4.69) is 10.6 Å². The minimum Gasteiger partial charge on any atom is -0.481 e. The van der Waals surface area contributed by atoms with Crippen molar-refractivity contribution < 1.29 is 27.9 Å². The zero-order chi connectivity index (χ0) is 16.5.